The van der Waals surface area contributed by atoms with Crippen LogP contribution in [0.2, 0.25) is 0 Å². The Morgan fingerprint density at radius 2 is 2.17 bits per heavy atom. The third-order valence-electron chi connectivity index (χ3n) is 2.24. The van der Waals surface area contributed by atoms with Crippen molar-refractivity contribution in [2.45, 2.75) is 26.8 Å². The monoisotopic (exact) mass is 255 g/mol. The molecular formula is C11H21N5O2. The number of aromatic nitrogens is 2. The Balaban J connectivity index is 2.43. The van der Waals surface area contributed by atoms with E-state index >= 15 is 0 Å². The molecule has 102 valence electrons. The molecule has 0 saturated heterocycles. The fourth-order valence-corrected chi connectivity index (χ4v) is 1.38. The molecule has 0 aliphatic carbocycles. The van der Waals surface area contributed by atoms with Crippen molar-refractivity contribution in [3.8, 4) is 0 Å². The van der Waals surface area contributed by atoms with Crippen molar-refractivity contribution in [3.63, 3.8) is 0 Å². The van der Waals surface area contributed by atoms with Crippen LogP contribution in [0.5, 0.6) is 0 Å². The fraction of sp³-hybridized carbons (Fsp3) is 0.727. The molecule has 0 fully saturated rings. The highest BCUT2D eigenvalue weighted by atomic mass is 16.4. The lowest BCUT2D eigenvalue weighted by Crippen LogP contribution is -2.35. The molecule has 1 aromatic rings. The molecule has 0 aliphatic rings. The van der Waals surface area contributed by atoms with Gasteiger partial charge in [-0.25, -0.2) is 0 Å². The van der Waals surface area contributed by atoms with Crippen LogP contribution < -0.4 is 15.5 Å². The zero-order chi connectivity index (χ0) is 13.4. The van der Waals surface area contributed by atoms with Crippen molar-refractivity contribution in [1.82, 2.24) is 20.8 Å². The van der Waals surface area contributed by atoms with Gasteiger partial charge in [0.1, 0.15) is 6.54 Å². The quantitative estimate of drug-likeness (QED) is 0.643. The van der Waals surface area contributed by atoms with Gasteiger partial charge < -0.3 is 20.0 Å². The Hall–Kier alpha value is -1.63. The number of likely N-dealkylation sites (N-methyl/N-ethyl adjacent to an activating group) is 2. The van der Waals surface area contributed by atoms with Gasteiger partial charge in [0.05, 0.1) is 6.54 Å². The molecule has 1 rings (SSSR count). The van der Waals surface area contributed by atoms with E-state index in [2.05, 4.69) is 27.8 Å². The molecule has 0 radical (unpaired) electrons. The van der Waals surface area contributed by atoms with Gasteiger partial charge in [0, 0.05) is 13.6 Å². The summed E-state index contributed by atoms with van der Waals surface area (Å²) in [6.45, 7) is 6.25. The second-order valence-corrected chi connectivity index (χ2v) is 3.96. The van der Waals surface area contributed by atoms with Gasteiger partial charge in [-0.3, -0.25) is 4.79 Å². The van der Waals surface area contributed by atoms with E-state index in [0.29, 0.717) is 25.0 Å². The minimum absolute atomic E-state index is 0.0659. The summed E-state index contributed by atoms with van der Waals surface area (Å²) in [5.41, 5.74) is 0. The van der Waals surface area contributed by atoms with Crippen molar-refractivity contribution < 1.29 is 9.21 Å². The normalized spacial score (nSPS) is 10.4. The molecule has 7 heteroatoms. The molecule has 18 heavy (non-hydrogen) atoms. The third-order valence-corrected chi connectivity index (χ3v) is 2.24. The first kappa shape index (κ1) is 14.4. The average molecular weight is 255 g/mol. The fourth-order valence-electron chi connectivity index (χ4n) is 1.38. The number of rotatable bonds is 8. The number of hydrogen-bond donors (Lipinski definition) is 2. The lowest BCUT2D eigenvalue weighted by atomic mass is 10.5. The molecule has 1 aromatic heterocycles. The van der Waals surface area contributed by atoms with Crippen molar-refractivity contribution in [2.75, 3.05) is 31.6 Å². The molecule has 0 unspecified atom stereocenters. The van der Waals surface area contributed by atoms with Crippen LogP contribution in [-0.4, -0.2) is 42.8 Å². The van der Waals surface area contributed by atoms with E-state index in [1.807, 2.05) is 6.92 Å². The van der Waals surface area contributed by atoms with Crippen LogP contribution >= 0.6 is 0 Å². The smallest absolute Gasteiger partial charge is 0.318 e. The molecule has 0 aliphatic heterocycles. The van der Waals surface area contributed by atoms with Gasteiger partial charge in [0.15, 0.2) is 0 Å². The number of carbonyl (C=O) groups excluding carboxylic acids is 1. The number of carbonyl (C=O) groups is 1. The zero-order valence-electron chi connectivity index (χ0n) is 11.2. The molecular weight excluding hydrogens is 234 g/mol. The Morgan fingerprint density at radius 3 is 2.83 bits per heavy atom. The highest BCUT2D eigenvalue weighted by Gasteiger charge is 2.13. The second kappa shape index (κ2) is 7.65. The summed E-state index contributed by atoms with van der Waals surface area (Å²) in [4.78, 5) is 13.0. The van der Waals surface area contributed by atoms with E-state index in [-0.39, 0.29) is 12.5 Å². The van der Waals surface area contributed by atoms with Crippen molar-refractivity contribution >= 4 is 11.9 Å². The Labute approximate surface area is 107 Å². The maximum absolute atomic E-state index is 11.4. The molecule has 0 bridgehead atoms. The first-order valence-electron chi connectivity index (χ1n) is 6.18. The lowest BCUT2D eigenvalue weighted by Gasteiger charge is -2.12. The van der Waals surface area contributed by atoms with E-state index in [1.54, 1.807) is 11.9 Å². The second-order valence-electron chi connectivity index (χ2n) is 3.96. The molecule has 0 aromatic carbocycles. The van der Waals surface area contributed by atoms with Gasteiger partial charge in [0.2, 0.25) is 11.8 Å². The maximum atomic E-state index is 11.4. The number of anilines is 1. The lowest BCUT2D eigenvalue weighted by molar-refractivity contribution is -0.119. The summed E-state index contributed by atoms with van der Waals surface area (Å²) in [5, 5.41) is 13.7. The van der Waals surface area contributed by atoms with E-state index in [4.69, 9.17) is 4.42 Å². The highest BCUT2D eigenvalue weighted by molar-refractivity contribution is 5.80. The van der Waals surface area contributed by atoms with Gasteiger partial charge >= 0.3 is 6.01 Å². The van der Waals surface area contributed by atoms with Crippen LogP contribution in [0, 0.1) is 0 Å². The molecule has 1 heterocycles. The van der Waals surface area contributed by atoms with Gasteiger partial charge in [-0.2, -0.15) is 0 Å². The Bertz CT molecular complexity index is 366. The summed E-state index contributed by atoms with van der Waals surface area (Å²) in [7, 11) is 1.74. The summed E-state index contributed by atoms with van der Waals surface area (Å²) in [5.74, 6) is 0.463. The highest BCUT2D eigenvalue weighted by Crippen LogP contribution is 2.09. The van der Waals surface area contributed by atoms with Gasteiger partial charge in [0.25, 0.3) is 0 Å². The SMILES string of the molecule is CCCNCc1nnc(N(C)CC(=O)NCC)o1. The topological polar surface area (TPSA) is 83.3 Å². The van der Waals surface area contributed by atoms with Crippen LogP contribution in [0.4, 0.5) is 6.01 Å². The minimum Gasteiger partial charge on any atom is -0.407 e. The first-order valence-corrected chi connectivity index (χ1v) is 6.18. The van der Waals surface area contributed by atoms with E-state index in [1.165, 1.54) is 0 Å². The summed E-state index contributed by atoms with van der Waals surface area (Å²) in [6.07, 6.45) is 1.05. The van der Waals surface area contributed by atoms with Crippen LogP contribution in [-0.2, 0) is 11.3 Å². The average Bonchev–Trinajstić information content (AvgIpc) is 2.78. The van der Waals surface area contributed by atoms with Gasteiger partial charge in [-0.15, -0.1) is 5.10 Å². The zero-order valence-corrected chi connectivity index (χ0v) is 11.2. The van der Waals surface area contributed by atoms with E-state index < -0.39 is 0 Å². The largest absolute Gasteiger partial charge is 0.407 e. The molecule has 1 amide bonds. The standard InChI is InChI=1S/C11H21N5O2/c1-4-6-12-7-10-14-15-11(18-10)16(3)8-9(17)13-5-2/h12H,4-8H2,1-3H3,(H,13,17). The molecule has 0 atom stereocenters. The van der Waals surface area contributed by atoms with Crippen LogP contribution in [0.3, 0.4) is 0 Å². The number of hydrogen-bond acceptors (Lipinski definition) is 6. The van der Waals surface area contributed by atoms with Crippen LogP contribution in [0.1, 0.15) is 26.2 Å². The van der Waals surface area contributed by atoms with Crippen molar-refractivity contribution in [1.29, 1.82) is 0 Å². The Morgan fingerprint density at radius 1 is 1.39 bits per heavy atom. The third kappa shape index (κ3) is 4.70. The van der Waals surface area contributed by atoms with Crippen LogP contribution in [0.25, 0.3) is 0 Å². The maximum Gasteiger partial charge on any atom is 0.318 e. The van der Waals surface area contributed by atoms with E-state index in [9.17, 15) is 4.79 Å². The Kier molecular flexibility index (Phi) is 6.13. The minimum atomic E-state index is -0.0659. The molecule has 0 spiro atoms. The predicted octanol–water partition coefficient (Wildman–Crippen LogP) is 0.142. The van der Waals surface area contributed by atoms with Crippen LogP contribution in [0.15, 0.2) is 4.42 Å². The van der Waals surface area contributed by atoms with Gasteiger partial charge in [-0.05, 0) is 19.9 Å². The molecule has 0 saturated carbocycles. The first-order chi connectivity index (χ1) is 8.67. The molecule has 2 N–H and O–H groups in total. The number of nitrogens with one attached hydrogen (secondary N) is 2. The number of amides is 1. The van der Waals surface area contributed by atoms with Crippen molar-refractivity contribution in [3.05, 3.63) is 5.89 Å². The predicted molar refractivity (Wildman–Crippen MR) is 68.2 cm³/mol. The summed E-state index contributed by atoms with van der Waals surface area (Å²) in [6, 6.07) is 0.356. The number of nitrogens with zero attached hydrogens (tertiary/aromatic N) is 3. The van der Waals surface area contributed by atoms with Gasteiger partial charge in [-0.1, -0.05) is 12.0 Å². The van der Waals surface area contributed by atoms with E-state index in [0.717, 1.165) is 13.0 Å². The molecule has 7 nitrogen and oxygen atoms in total. The summed E-state index contributed by atoms with van der Waals surface area (Å²) < 4.78 is 5.43. The van der Waals surface area contributed by atoms with Crippen molar-refractivity contribution in [2.24, 2.45) is 0 Å². The summed E-state index contributed by atoms with van der Waals surface area (Å²) >= 11 is 0.